The number of hydrogen-bond donors (Lipinski definition) is 0. The molecule has 2 aromatic heterocycles. The second kappa shape index (κ2) is 17.9. The summed E-state index contributed by atoms with van der Waals surface area (Å²) < 4.78 is 71.5. The van der Waals surface area contributed by atoms with Gasteiger partial charge in [-0.05, 0) is 118 Å². The third kappa shape index (κ3) is 9.15. The molecule has 0 saturated heterocycles. The molecule has 312 valence electrons. The van der Waals surface area contributed by atoms with Crippen molar-refractivity contribution in [2.24, 2.45) is 0 Å². The predicted molar refractivity (Wildman–Crippen MR) is 249 cm³/mol. The topological polar surface area (TPSA) is 69.2 Å². The van der Waals surface area contributed by atoms with Crippen molar-refractivity contribution in [1.29, 1.82) is 0 Å². The number of aromatic nitrogens is 2. The molecule has 6 aromatic carbocycles. The van der Waals surface area contributed by atoms with Crippen LogP contribution in [0.25, 0.3) is 83.7 Å². The number of benzene rings is 6. The van der Waals surface area contributed by atoms with Gasteiger partial charge in [-0.25, -0.2) is 0 Å². The lowest BCUT2D eigenvalue weighted by Gasteiger charge is -2.18. The molecule has 0 aliphatic rings. The lowest BCUT2D eigenvalue weighted by molar-refractivity contribution is -0.0500. The van der Waals surface area contributed by atoms with E-state index in [-0.39, 0.29) is 0 Å². The van der Waals surface area contributed by atoms with Crippen molar-refractivity contribution >= 4 is 15.7 Å². The second-order valence-corrected chi connectivity index (χ2v) is 16.5. The van der Waals surface area contributed by atoms with Gasteiger partial charge in [0, 0.05) is 29.1 Å². The fourth-order valence-electron chi connectivity index (χ4n) is 7.66. The van der Waals surface area contributed by atoms with Crippen LogP contribution in [0, 0.1) is 6.92 Å². The summed E-state index contributed by atoms with van der Waals surface area (Å²) in [7, 11) is -6.02. The van der Waals surface area contributed by atoms with Crippen LogP contribution in [0.3, 0.4) is 0 Å². The van der Waals surface area contributed by atoms with Gasteiger partial charge in [0.1, 0.15) is 5.75 Å². The van der Waals surface area contributed by atoms with Crippen LogP contribution >= 0.6 is 0 Å². The molecule has 8 aromatic rings. The molecule has 5 nitrogen and oxygen atoms in total. The first kappa shape index (κ1) is 42.3. The maximum absolute atomic E-state index is 13.8. The van der Waals surface area contributed by atoms with E-state index in [1.807, 2.05) is 171 Å². The zero-order valence-electron chi connectivity index (χ0n) is 34.6. The van der Waals surface area contributed by atoms with Crippen molar-refractivity contribution in [3.8, 4) is 83.9 Å². The van der Waals surface area contributed by atoms with E-state index in [0.29, 0.717) is 22.3 Å². The summed E-state index contributed by atoms with van der Waals surface area (Å²) in [6.45, 7) is 6.09. The van der Waals surface area contributed by atoms with E-state index in [0.717, 1.165) is 72.6 Å². The van der Waals surface area contributed by atoms with Gasteiger partial charge >= 0.3 is 15.6 Å². The molecule has 0 radical (unpaired) electrons. The molecule has 0 bridgehead atoms. The number of nitrogens with zero attached hydrogens (tertiary/aromatic N) is 2. The maximum atomic E-state index is 13.8. The predicted octanol–water partition coefficient (Wildman–Crippen LogP) is 14.7. The first-order valence-corrected chi connectivity index (χ1v) is 21.6. The zero-order valence-corrected chi connectivity index (χ0v) is 35.5. The Labute approximate surface area is 365 Å². The largest absolute Gasteiger partial charge is 0.534 e. The van der Waals surface area contributed by atoms with Gasteiger partial charge in [-0.1, -0.05) is 152 Å². The third-order valence-electron chi connectivity index (χ3n) is 10.8. The lowest BCUT2D eigenvalue weighted by Crippen LogP contribution is -2.28. The average molecular weight is 855 g/mol. The van der Waals surface area contributed by atoms with E-state index in [4.69, 9.17) is 14.2 Å². The Morgan fingerprint density at radius 3 is 1.60 bits per heavy atom. The van der Waals surface area contributed by atoms with Crippen LogP contribution in [0.5, 0.6) is 5.75 Å². The molecule has 0 spiro atoms. The minimum absolute atomic E-state index is 0.437. The summed E-state index contributed by atoms with van der Waals surface area (Å²) in [6.07, 6.45) is 9.71. The molecule has 0 fully saturated rings. The quantitative estimate of drug-likeness (QED) is 0.0736. The van der Waals surface area contributed by atoms with E-state index < -0.39 is 21.4 Å². The number of pyridine rings is 2. The molecule has 0 saturated carbocycles. The minimum Gasteiger partial charge on any atom is -0.376 e. The van der Waals surface area contributed by atoms with Gasteiger partial charge in [-0.2, -0.15) is 21.6 Å². The smallest absolute Gasteiger partial charge is 0.376 e. The third-order valence-corrected chi connectivity index (χ3v) is 11.8. The Balaban J connectivity index is 1.25. The lowest BCUT2D eigenvalue weighted by atomic mass is 9.88. The van der Waals surface area contributed by atoms with Crippen molar-refractivity contribution in [3.63, 3.8) is 0 Å². The van der Waals surface area contributed by atoms with Crippen molar-refractivity contribution < 1.29 is 25.8 Å². The van der Waals surface area contributed by atoms with Gasteiger partial charge < -0.3 is 4.18 Å². The van der Waals surface area contributed by atoms with E-state index in [2.05, 4.69) is 26.0 Å². The molecule has 0 aliphatic heterocycles. The van der Waals surface area contributed by atoms with Crippen LogP contribution in [0.15, 0.2) is 194 Å². The fourth-order valence-corrected chi connectivity index (χ4v) is 8.10. The summed E-state index contributed by atoms with van der Waals surface area (Å²) in [5.41, 5.74) is 8.15. The van der Waals surface area contributed by atoms with Gasteiger partial charge in [0.05, 0.1) is 11.4 Å². The molecule has 0 unspecified atom stereocenters. The van der Waals surface area contributed by atoms with E-state index in [1.54, 1.807) is 6.20 Å². The Kier molecular flexibility index (Phi) is 12.0. The molecule has 0 amide bonds. The number of allylic oxidation sites excluding steroid dienone is 4. The second-order valence-electron chi connectivity index (χ2n) is 15.0. The van der Waals surface area contributed by atoms with Crippen molar-refractivity contribution in [1.82, 2.24) is 9.97 Å². The number of rotatable bonds is 11. The van der Waals surface area contributed by atoms with Crippen LogP contribution < -0.4 is 4.18 Å². The number of halogens is 3. The summed E-state index contributed by atoms with van der Waals surface area (Å²) in [5.74, 6) is -0.485. The highest BCUT2D eigenvalue weighted by molar-refractivity contribution is 7.88. The number of alkyl halides is 3. The van der Waals surface area contributed by atoms with Gasteiger partial charge in [0.2, 0.25) is 0 Å². The average Bonchev–Trinajstić information content (AvgIpc) is 3.30. The van der Waals surface area contributed by atoms with Gasteiger partial charge in [-0.3, -0.25) is 9.97 Å². The summed E-state index contributed by atoms with van der Waals surface area (Å²) in [5, 5.41) is 0. The Hall–Kier alpha value is -7.36. The summed E-state index contributed by atoms with van der Waals surface area (Å²) >= 11 is 0. The monoisotopic (exact) mass is 854 g/mol. The van der Waals surface area contributed by atoms with E-state index in [1.165, 1.54) is 12.1 Å². The molecular formula is C54H41F3N2O3S. The molecule has 0 N–H and O–H groups in total. The van der Waals surface area contributed by atoms with Gasteiger partial charge in [-0.15, -0.1) is 0 Å². The number of aryl methyl sites for hydroxylation is 1. The molecular weight excluding hydrogens is 814 g/mol. The highest BCUT2D eigenvalue weighted by Gasteiger charge is 2.48. The highest BCUT2D eigenvalue weighted by Crippen LogP contribution is 2.43. The molecule has 0 atom stereocenters. The first-order chi connectivity index (χ1) is 30.4. The van der Waals surface area contributed by atoms with Crippen molar-refractivity contribution in [2.45, 2.75) is 26.3 Å². The van der Waals surface area contributed by atoms with Crippen LogP contribution in [-0.4, -0.2) is 23.9 Å². The van der Waals surface area contributed by atoms with Crippen LogP contribution in [0.2, 0.25) is 0 Å². The van der Waals surface area contributed by atoms with Gasteiger partial charge in [0.25, 0.3) is 0 Å². The number of hydrogen-bond acceptors (Lipinski definition) is 5. The van der Waals surface area contributed by atoms with E-state index >= 15 is 0 Å². The molecule has 2 heterocycles. The highest BCUT2D eigenvalue weighted by atomic mass is 32.2. The normalized spacial score (nSPS) is 12.1. The Morgan fingerprint density at radius 1 is 0.540 bits per heavy atom. The van der Waals surface area contributed by atoms with Crippen LogP contribution in [-0.2, 0) is 10.1 Å². The summed E-state index contributed by atoms with van der Waals surface area (Å²) in [6, 6.07) is 51.1. The Bertz CT molecular complexity index is 3110. The molecule has 8 rings (SSSR count). The standard InChI is InChI=1S/C54H41F3N2O3S/c1-4-5-16-36(2)50-34-58-52(29-37(50)3)41-27-25-39(26-28-41)45-21-12-13-22-46(45)42-30-43(32-44(31-42)62-63(60,61)54(55,56)57)47-23-14-15-24-48(47)51-35-59-53(40-19-10-7-11-20-40)33-49(51)38-17-8-6-9-18-38/h4-35H,1-3H3/b5-4-,36-16+. The SMILES string of the molecule is C/C=C\C=C(/C)c1cnc(-c2ccc(-c3ccccc3-c3cc(OS(=O)(=O)C(F)(F)F)cc(-c4ccccc4-c4cnc(-c5ccccc5)cc4-c4ccccc4)c3)cc2)cc1C. The maximum Gasteiger partial charge on any atom is 0.534 e. The first-order valence-electron chi connectivity index (χ1n) is 20.2. The van der Waals surface area contributed by atoms with Crippen LogP contribution in [0.1, 0.15) is 25.0 Å². The van der Waals surface area contributed by atoms with Crippen molar-refractivity contribution in [3.05, 3.63) is 206 Å². The molecule has 9 heteroatoms. The zero-order chi connectivity index (χ0) is 44.1. The summed E-state index contributed by atoms with van der Waals surface area (Å²) in [4.78, 5) is 9.62. The Morgan fingerprint density at radius 2 is 1.02 bits per heavy atom. The van der Waals surface area contributed by atoms with Crippen LogP contribution in [0.4, 0.5) is 13.2 Å². The molecule has 0 aliphatic carbocycles. The van der Waals surface area contributed by atoms with Crippen molar-refractivity contribution in [2.75, 3.05) is 0 Å². The van der Waals surface area contributed by atoms with E-state index in [9.17, 15) is 21.6 Å². The molecule has 63 heavy (non-hydrogen) atoms. The minimum atomic E-state index is -6.02. The van der Waals surface area contributed by atoms with Gasteiger partial charge in [0.15, 0.2) is 0 Å². The fraction of sp³-hybridized carbons (Fsp3) is 0.0741.